The van der Waals surface area contributed by atoms with E-state index in [1.807, 2.05) is 25.1 Å². The van der Waals surface area contributed by atoms with Crippen LogP contribution in [0.4, 0.5) is 0 Å². The van der Waals surface area contributed by atoms with E-state index in [4.69, 9.17) is 18.0 Å². The molecule has 0 aliphatic carbocycles. The van der Waals surface area contributed by atoms with E-state index in [1.54, 1.807) is 23.7 Å². The lowest BCUT2D eigenvalue weighted by Crippen LogP contribution is -2.44. The summed E-state index contributed by atoms with van der Waals surface area (Å²) in [4.78, 5) is 15.7. The summed E-state index contributed by atoms with van der Waals surface area (Å²) in [6, 6.07) is 7.86. The van der Waals surface area contributed by atoms with Gasteiger partial charge in [-0.3, -0.25) is 4.79 Å². The van der Waals surface area contributed by atoms with Crippen LogP contribution in [0.1, 0.15) is 18.4 Å². The fourth-order valence-electron chi connectivity index (χ4n) is 1.99. The number of thioether (sulfide) groups is 1. The predicted octanol–water partition coefficient (Wildman–Crippen LogP) is 2.01. The standard InChI is InChI=1S/C13H16N2OS2/c1-8(12(14)17)15(2)13(16)10-7-18-11-6-4-3-5-9(10)11/h3-6,8,10H,7H2,1-2H3,(H2,14,17). The van der Waals surface area contributed by atoms with Crippen LogP contribution in [0.3, 0.4) is 0 Å². The zero-order valence-corrected chi connectivity index (χ0v) is 12.1. The summed E-state index contributed by atoms with van der Waals surface area (Å²) in [7, 11) is 1.76. The number of nitrogens with two attached hydrogens (primary N) is 1. The monoisotopic (exact) mass is 280 g/mol. The number of amides is 1. The van der Waals surface area contributed by atoms with Gasteiger partial charge in [0.2, 0.25) is 5.91 Å². The van der Waals surface area contributed by atoms with E-state index >= 15 is 0 Å². The molecular weight excluding hydrogens is 264 g/mol. The van der Waals surface area contributed by atoms with Gasteiger partial charge < -0.3 is 10.6 Å². The number of thiocarbonyl (C=S) groups is 1. The maximum absolute atomic E-state index is 12.5. The lowest BCUT2D eigenvalue weighted by Gasteiger charge is -2.26. The molecule has 0 saturated carbocycles. The van der Waals surface area contributed by atoms with Crippen LogP contribution < -0.4 is 5.73 Å². The fourth-order valence-corrected chi connectivity index (χ4v) is 3.37. The number of hydrogen-bond acceptors (Lipinski definition) is 3. The second-order valence-corrected chi connectivity index (χ2v) is 5.96. The van der Waals surface area contributed by atoms with E-state index < -0.39 is 0 Å². The number of rotatable bonds is 3. The van der Waals surface area contributed by atoms with Crippen LogP contribution in [-0.4, -0.2) is 34.6 Å². The van der Waals surface area contributed by atoms with E-state index in [1.165, 1.54) is 4.90 Å². The quantitative estimate of drug-likeness (QED) is 0.860. The van der Waals surface area contributed by atoms with Crippen molar-refractivity contribution in [1.29, 1.82) is 0 Å². The van der Waals surface area contributed by atoms with Gasteiger partial charge >= 0.3 is 0 Å². The van der Waals surface area contributed by atoms with Gasteiger partial charge in [-0.15, -0.1) is 11.8 Å². The minimum Gasteiger partial charge on any atom is -0.392 e. The van der Waals surface area contributed by atoms with Gasteiger partial charge in [0, 0.05) is 17.7 Å². The van der Waals surface area contributed by atoms with Crippen LogP contribution in [0.15, 0.2) is 29.2 Å². The molecule has 1 aromatic carbocycles. The molecular formula is C13H16N2OS2. The van der Waals surface area contributed by atoms with Crippen LogP contribution in [0.5, 0.6) is 0 Å². The van der Waals surface area contributed by atoms with E-state index in [-0.39, 0.29) is 17.9 Å². The summed E-state index contributed by atoms with van der Waals surface area (Å²) in [5, 5.41) is 0. The highest BCUT2D eigenvalue weighted by atomic mass is 32.2. The third-order valence-corrected chi connectivity index (χ3v) is 4.86. The van der Waals surface area contributed by atoms with Crippen LogP contribution in [0, 0.1) is 0 Å². The van der Waals surface area contributed by atoms with Crippen molar-refractivity contribution in [2.45, 2.75) is 23.8 Å². The van der Waals surface area contributed by atoms with E-state index in [9.17, 15) is 4.79 Å². The first-order chi connectivity index (χ1) is 8.52. The SMILES string of the molecule is CC(C(N)=S)N(C)C(=O)C1CSc2ccccc21. The number of nitrogens with zero attached hydrogens (tertiary/aromatic N) is 1. The van der Waals surface area contributed by atoms with Crippen molar-refractivity contribution >= 4 is 34.9 Å². The normalized spacial score (nSPS) is 19.1. The largest absolute Gasteiger partial charge is 0.392 e. The topological polar surface area (TPSA) is 46.3 Å². The second-order valence-electron chi connectivity index (χ2n) is 4.43. The number of hydrogen-bond donors (Lipinski definition) is 1. The van der Waals surface area contributed by atoms with Gasteiger partial charge in [-0.05, 0) is 18.6 Å². The molecule has 96 valence electrons. The molecule has 1 aromatic rings. The molecule has 0 spiro atoms. The van der Waals surface area contributed by atoms with Gasteiger partial charge in [-0.1, -0.05) is 30.4 Å². The Bertz CT molecular complexity index is 490. The Morgan fingerprint density at radius 2 is 2.22 bits per heavy atom. The summed E-state index contributed by atoms with van der Waals surface area (Å²) >= 11 is 6.68. The molecule has 1 amide bonds. The van der Waals surface area contributed by atoms with Gasteiger partial charge in [-0.2, -0.15) is 0 Å². The van der Waals surface area contributed by atoms with E-state index in [2.05, 4.69) is 6.07 Å². The minimum absolute atomic E-state index is 0.0759. The zero-order valence-electron chi connectivity index (χ0n) is 10.4. The lowest BCUT2D eigenvalue weighted by molar-refractivity contribution is -0.131. The molecule has 0 aromatic heterocycles. The Morgan fingerprint density at radius 3 is 2.89 bits per heavy atom. The first-order valence-corrected chi connectivity index (χ1v) is 7.19. The zero-order chi connectivity index (χ0) is 13.3. The summed E-state index contributed by atoms with van der Waals surface area (Å²) in [6.45, 7) is 1.86. The Labute approximate surface area is 117 Å². The molecule has 0 saturated heterocycles. The van der Waals surface area contributed by atoms with E-state index in [0.717, 1.165) is 11.3 Å². The molecule has 0 bridgehead atoms. The smallest absolute Gasteiger partial charge is 0.231 e. The Kier molecular flexibility index (Phi) is 3.92. The number of fused-ring (bicyclic) bond motifs is 1. The fraction of sp³-hybridized carbons (Fsp3) is 0.385. The average Bonchev–Trinajstić information content (AvgIpc) is 2.79. The number of carbonyl (C=O) groups excluding carboxylic acids is 1. The van der Waals surface area contributed by atoms with Crippen molar-refractivity contribution in [2.75, 3.05) is 12.8 Å². The Morgan fingerprint density at radius 1 is 1.56 bits per heavy atom. The van der Waals surface area contributed by atoms with Crippen molar-refractivity contribution in [3.05, 3.63) is 29.8 Å². The highest BCUT2D eigenvalue weighted by Gasteiger charge is 2.32. The molecule has 0 fully saturated rings. The van der Waals surface area contributed by atoms with Crippen molar-refractivity contribution in [3.8, 4) is 0 Å². The van der Waals surface area contributed by atoms with Crippen molar-refractivity contribution in [3.63, 3.8) is 0 Å². The number of likely N-dealkylation sites (N-methyl/N-ethyl adjacent to an activating group) is 1. The summed E-state index contributed by atoms with van der Waals surface area (Å²) in [5.41, 5.74) is 6.72. The van der Waals surface area contributed by atoms with Crippen molar-refractivity contribution in [1.82, 2.24) is 4.90 Å². The molecule has 2 rings (SSSR count). The van der Waals surface area contributed by atoms with Crippen LogP contribution in [-0.2, 0) is 4.79 Å². The Hall–Kier alpha value is -1.07. The average molecular weight is 280 g/mol. The van der Waals surface area contributed by atoms with Crippen LogP contribution in [0.2, 0.25) is 0 Å². The molecule has 1 aliphatic rings. The molecule has 0 radical (unpaired) electrons. The van der Waals surface area contributed by atoms with Crippen LogP contribution in [0.25, 0.3) is 0 Å². The molecule has 2 unspecified atom stereocenters. The molecule has 2 N–H and O–H groups in total. The molecule has 3 nitrogen and oxygen atoms in total. The highest BCUT2D eigenvalue weighted by molar-refractivity contribution is 7.99. The minimum atomic E-state index is -0.203. The maximum atomic E-state index is 12.5. The van der Waals surface area contributed by atoms with E-state index in [0.29, 0.717) is 4.99 Å². The third kappa shape index (κ3) is 2.37. The molecule has 1 aliphatic heterocycles. The van der Waals surface area contributed by atoms with Gasteiger partial charge in [-0.25, -0.2) is 0 Å². The lowest BCUT2D eigenvalue weighted by atomic mass is 9.99. The molecule has 5 heteroatoms. The first kappa shape index (κ1) is 13.4. The molecule has 18 heavy (non-hydrogen) atoms. The van der Waals surface area contributed by atoms with Crippen molar-refractivity contribution in [2.24, 2.45) is 5.73 Å². The predicted molar refractivity (Wildman–Crippen MR) is 78.9 cm³/mol. The van der Waals surface area contributed by atoms with Gasteiger partial charge in [0.1, 0.15) is 0 Å². The molecule has 1 heterocycles. The van der Waals surface area contributed by atoms with Crippen molar-refractivity contribution < 1.29 is 4.79 Å². The van der Waals surface area contributed by atoms with Gasteiger partial charge in [0.15, 0.2) is 0 Å². The maximum Gasteiger partial charge on any atom is 0.231 e. The number of carbonyl (C=O) groups is 1. The third-order valence-electron chi connectivity index (χ3n) is 3.34. The number of benzene rings is 1. The first-order valence-electron chi connectivity index (χ1n) is 5.80. The highest BCUT2D eigenvalue weighted by Crippen LogP contribution is 2.40. The molecule has 2 atom stereocenters. The van der Waals surface area contributed by atoms with Gasteiger partial charge in [0.25, 0.3) is 0 Å². The second kappa shape index (κ2) is 5.28. The summed E-state index contributed by atoms with van der Waals surface area (Å²) < 4.78 is 0. The Balaban J connectivity index is 2.19. The van der Waals surface area contributed by atoms with Gasteiger partial charge in [0.05, 0.1) is 16.9 Å². The summed E-state index contributed by atoms with van der Waals surface area (Å²) in [5.74, 6) is 0.813. The van der Waals surface area contributed by atoms with Crippen LogP contribution >= 0.6 is 24.0 Å². The summed E-state index contributed by atoms with van der Waals surface area (Å²) in [6.07, 6.45) is 0.